The molecule has 1 aliphatic rings. The van der Waals surface area contributed by atoms with Gasteiger partial charge in [-0.05, 0) is 66.6 Å². The van der Waals surface area contributed by atoms with Crippen molar-refractivity contribution in [3.05, 3.63) is 118 Å². The summed E-state index contributed by atoms with van der Waals surface area (Å²) in [5, 5.41) is 0. The molecule has 2 atom stereocenters. The Hall–Kier alpha value is -3.70. The molecule has 0 bridgehead atoms. The minimum absolute atomic E-state index is 0.0527. The fourth-order valence-electron chi connectivity index (χ4n) is 5.68. The maximum absolute atomic E-state index is 15.4. The molecular weight excluding hydrogens is 683 g/mol. The maximum atomic E-state index is 15.4. The minimum Gasteiger partial charge on any atom is -0.359 e. The van der Waals surface area contributed by atoms with E-state index in [1.165, 1.54) is 29.9 Å². The molecule has 1 aromatic heterocycles. The lowest BCUT2D eigenvalue weighted by molar-refractivity contribution is -0.119. The molecule has 5 rings (SSSR count). The summed E-state index contributed by atoms with van der Waals surface area (Å²) in [5.74, 6) is -1.12. The molecule has 1 aliphatic heterocycles. The van der Waals surface area contributed by atoms with Gasteiger partial charge in [-0.15, -0.1) is 11.3 Å². The molecule has 246 valence electrons. The van der Waals surface area contributed by atoms with Crippen molar-refractivity contribution < 1.29 is 23.5 Å². The second-order valence-corrected chi connectivity index (χ2v) is 14.6. The SMILES string of the molecule is COCOC(C)c1cc(F)c(/C=c2/s/c(=C\C(=O)c3ccc(C(C)(C)C)cc3)n(CC(=O)N3c4ccccc4CC3C)c2=O)cc1Br. The fraction of sp³-hybridized carbons (Fsp3) is 0.324. The van der Waals surface area contributed by atoms with Crippen molar-refractivity contribution in [2.45, 2.75) is 65.1 Å². The number of nitrogens with zero attached hydrogens (tertiary/aromatic N) is 2. The zero-order valence-electron chi connectivity index (χ0n) is 27.3. The highest BCUT2D eigenvalue weighted by Gasteiger charge is 2.31. The first-order chi connectivity index (χ1) is 22.3. The number of benzene rings is 3. The van der Waals surface area contributed by atoms with E-state index in [0.29, 0.717) is 26.7 Å². The first-order valence-electron chi connectivity index (χ1n) is 15.4. The first-order valence-corrected chi connectivity index (χ1v) is 17.0. The van der Waals surface area contributed by atoms with Gasteiger partial charge in [0.1, 0.15) is 23.8 Å². The summed E-state index contributed by atoms with van der Waals surface area (Å²) in [4.78, 5) is 42.9. The summed E-state index contributed by atoms with van der Waals surface area (Å²) in [6.07, 6.45) is 3.10. The minimum atomic E-state index is -0.547. The van der Waals surface area contributed by atoms with E-state index < -0.39 is 17.5 Å². The summed E-state index contributed by atoms with van der Waals surface area (Å²) in [5.41, 5.74) is 3.62. The second-order valence-electron chi connectivity index (χ2n) is 12.7. The Labute approximate surface area is 286 Å². The van der Waals surface area contributed by atoms with Gasteiger partial charge in [0.25, 0.3) is 5.56 Å². The molecule has 7 nitrogen and oxygen atoms in total. The van der Waals surface area contributed by atoms with Crippen molar-refractivity contribution in [3.63, 3.8) is 0 Å². The zero-order valence-corrected chi connectivity index (χ0v) is 29.7. The van der Waals surface area contributed by atoms with E-state index in [1.807, 2.05) is 43.3 Å². The number of para-hydroxylation sites is 1. The predicted octanol–water partition coefficient (Wildman–Crippen LogP) is 6.26. The number of anilines is 1. The monoisotopic (exact) mass is 720 g/mol. The normalized spacial score (nSPS) is 16.1. The molecule has 10 heteroatoms. The number of hydrogen-bond donors (Lipinski definition) is 0. The molecule has 0 aliphatic carbocycles. The van der Waals surface area contributed by atoms with E-state index in [1.54, 1.807) is 30.0 Å². The molecule has 2 unspecified atom stereocenters. The van der Waals surface area contributed by atoms with Gasteiger partial charge in [-0.25, -0.2) is 4.39 Å². The number of ketones is 1. The van der Waals surface area contributed by atoms with Crippen LogP contribution in [0.5, 0.6) is 0 Å². The Kier molecular flexibility index (Phi) is 10.5. The highest BCUT2D eigenvalue weighted by molar-refractivity contribution is 9.10. The van der Waals surface area contributed by atoms with E-state index in [9.17, 15) is 14.4 Å². The molecule has 2 heterocycles. The zero-order chi connectivity index (χ0) is 34.0. The van der Waals surface area contributed by atoms with Gasteiger partial charge in [0.05, 0.1) is 10.6 Å². The predicted molar refractivity (Wildman–Crippen MR) is 188 cm³/mol. The van der Waals surface area contributed by atoms with E-state index in [4.69, 9.17) is 9.47 Å². The Morgan fingerprint density at radius 3 is 2.51 bits per heavy atom. The number of carbonyl (C=O) groups is 2. The number of halogens is 2. The van der Waals surface area contributed by atoms with Gasteiger partial charge in [-0.3, -0.25) is 19.0 Å². The lowest BCUT2D eigenvalue weighted by Gasteiger charge is -2.22. The molecule has 0 spiro atoms. The molecule has 3 aromatic carbocycles. The maximum Gasteiger partial charge on any atom is 0.269 e. The fourth-order valence-corrected chi connectivity index (χ4v) is 7.40. The summed E-state index contributed by atoms with van der Waals surface area (Å²) in [7, 11) is 1.51. The van der Waals surface area contributed by atoms with Crippen molar-refractivity contribution in [2.75, 3.05) is 18.8 Å². The van der Waals surface area contributed by atoms with E-state index in [2.05, 4.69) is 36.7 Å². The van der Waals surface area contributed by atoms with Crippen molar-refractivity contribution in [3.8, 4) is 0 Å². The van der Waals surface area contributed by atoms with Crippen LogP contribution in [0.4, 0.5) is 10.1 Å². The van der Waals surface area contributed by atoms with Crippen LogP contribution in [0.2, 0.25) is 0 Å². The van der Waals surface area contributed by atoms with Crippen LogP contribution in [-0.2, 0) is 32.6 Å². The molecule has 0 saturated carbocycles. The molecule has 0 saturated heterocycles. The van der Waals surface area contributed by atoms with Crippen molar-refractivity contribution in [1.82, 2.24) is 4.57 Å². The third-order valence-corrected chi connectivity index (χ3v) is 10.0. The Balaban J connectivity index is 1.58. The van der Waals surface area contributed by atoms with Crippen LogP contribution in [0, 0.1) is 5.82 Å². The molecule has 1 amide bonds. The molecule has 0 N–H and O–H groups in total. The number of rotatable bonds is 9. The number of thiazole rings is 1. The number of carbonyl (C=O) groups excluding carboxylic acids is 2. The Morgan fingerprint density at radius 1 is 1.13 bits per heavy atom. The Morgan fingerprint density at radius 2 is 1.83 bits per heavy atom. The summed E-state index contributed by atoms with van der Waals surface area (Å²) < 4.78 is 28.4. The van der Waals surface area contributed by atoms with Crippen LogP contribution in [0.25, 0.3) is 12.2 Å². The smallest absolute Gasteiger partial charge is 0.269 e. The van der Waals surface area contributed by atoms with Crippen LogP contribution < -0.4 is 19.7 Å². The third kappa shape index (κ3) is 7.56. The highest BCUT2D eigenvalue weighted by Crippen LogP contribution is 2.32. The lowest BCUT2D eigenvalue weighted by atomic mass is 9.86. The number of methoxy groups -OCH3 is 1. The van der Waals surface area contributed by atoms with E-state index in [-0.39, 0.29) is 46.6 Å². The van der Waals surface area contributed by atoms with Gasteiger partial charge < -0.3 is 14.4 Å². The summed E-state index contributed by atoms with van der Waals surface area (Å²) >= 11 is 4.55. The number of aromatic nitrogens is 1. The lowest BCUT2D eigenvalue weighted by Crippen LogP contribution is -2.42. The molecular formula is C37H38BrFN2O5S. The van der Waals surface area contributed by atoms with Crippen LogP contribution in [-0.4, -0.2) is 36.2 Å². The average Bonchev–Trinajstić information content (AvgIpc) is 3.51. The van der Waals surface area contributed by atoms with Gasteiger partial charge in [0.2, 0.25) is 5.91 Å². The molecule has 0 radical (unpaired) electrons. The number of fused-ring (bicyclic) bond motifs is 1. The van der Waals surface area contributed by atoms with Gasteiger partial charge >= 0.3 is 0 Å². The average molecular weight is 722 g/mol. The molecule has 47 heavy (non-hydrogen) atoms. The van der Waals surface area contributed by atoms with Crippen LogP contribution in [0.1, 0.15) is 73.3 Å². The topological polar surface area (TPSA) is 77.8 Å². The molecule has 0 fully saturated rings. The Bertz CT molecular complexity index is 1990. The number of amides is 1. The van der Waals surface area contributed by atoms with Crippen LogP contribution in [0.15, 0.2) is 69.9 Å². The standard InChI is InChI=1S/C37H38BrFN2O5S/c1-22-15-25-9-7-8-10-31(25)41(22)34(43)20-40-35(19-32(42)24-11-13-27(14-12-24)37(3,4)5)47-33(36(40)44)17-26-16-29(38)28(18-30(26)39)23(2)46-21-45-6/h7-14,16-19,22-23H,15,20-21H2,1-6H3/b33-17+,35-19-. The summed E-state index contributed by atoms with van der Waals surface area (Å²) in [6.45, 7) is 9.82. The third-order valence-electron chi connectivity index (χ3n) is 8.27. The molecule has 4 aromatic rings. The quantitative estimate of drug-likeness (QED) is 0.151. The van der Waals surface area contributed by atoms with Crippen molar-refractivity contribution in [2.24, 2.45) is 0 Å². The van der Waals surface area contributed by atoms with Crippen LogP contribution in [0.3, 0.4) is 0 Å². The van der Waals surface area contributed by atoms with Crippen molar-refractivity contribution in [1.29, 1.82) is 0 Å². The van der Waals surface area contributed by atoms with E-state index in [0.717, 1.165) is 28.2 Å². The van der Waals surface area contributed by atoms with Gasteiger partial charge in [0.15, 0.2) is 5.78 Å². The second kappa shape index (κ2) is 14.2. The number of hydrogen-bond acceptors (Lipinski definition) is 6. The van der Waals surface area contributed by atoms with Gasteiger partial charge in [0, 0.05) is 40.5 Å². The first kappa shape index (κ1) is 34.6. The van der Waals surface area contributed by atoms with Crippen molar-refractivity contribution >= 4 is 56.8 Å². The largest absolute Gasteiger partial charge is 0.359 e. The van der Waals surface area contributed by atoms with E-state index >= 15 is 4.39 Å². The van der Waals surface area contributed by atoms with Crippen LogP contribution >= 0.6 is 27.3 Å². The van der Waals surface area contributed by atoms with Gasteiger partial charge in [-0.1, -0.05) is 79.2 Å². The summed E-state index contributed by atoms with van der Waals surface area (Å²) in [6, 6.07) is 17.9. The van der Waals surface area contributed by atoms with Gasteiger partial charge in [-0.2, -0.15) is 0 Å². The number of ether oxygens (including phenoxy) is 2. The number of Topliss-reactive ketones (excluding diaryl/α,β-unsaturated/α-hetero) is 1. The highest BCUT2D eigenvalue weighted by atomic mass is 79.9.